The van der Waals surface area contributed by atoms with Gasteiger partial charge in [0.15, 0.2) is 5.60 Å². The van der Waals surface area contributed by atoms with E-state index in [2.05, 4.69) is 0 Å². The first-order valence-corrected chi connectivity index (χ1v) is 3.61. The van der Waals surface area contributed by atoms with Crippen molar-refractivity contribution in [2.24, 2.45) is 5.41 Å². The molecule has 0 bridgehead atoms. The first-order chi connectivity index (χ1) is 4.65. The van der Waals surface area contributed by atoms with E-state index in [1.165, 1.54) is 6.92 Å². The molecule has 0 radical (unpaired) electrons. The molecular formula is C8H16O3. The quantitative estimate of drug-likeness (QED) is 0.639. The molecule has 0 rings (SSSR count). The van der Waals surface area contributed by atoms with Crippen LogP contribution in [0.2, 0.25) is 0 Å². The summed E-state index contributed by atoms with van der Waals surface area (Å²) in [5, 5.41) is 17.9. The summed E-state index contributed by atoms with van der Waals surface area (Å²) in [6.07, 6.45) is 0.259. The molecule has 0 amide bonds. The zero-order valence-electron chi connectivity index (χ0n) is 7.51. The third kappa shape index (κ3) is 3.98. The molecule has 0 aromatic heterocycles. The summed E-state index contributed by atoms with van der Waals surface area (Å²) in [6, 6.07) is 0. The van der Waals surface area contributed by atoms with Gasteiger partial charge < -0.3 is 10.2 Å². The van der Waals surface area contributed by atoms with Gasteiger partial charge in [0, 0.05) is 0 Å². The van der Waals surface area contributed by atoms with Crippen LogP contribution >= 0.6 is 0 Å². The lowest BCUT2D eigenvalue weighted by Crippen LogP contribution is -2.38. The van der Waals surface area contributed by atoms with Crippen LogP contribution in [0.5, 0.6) is 0 Å². The molecule has 2 N–H and O–H groups in total. The van der Waals surface area contributed by atoms with Gasteiger partial charge in [-0.1, -0.05) is 20.8 Å². The molecule has 0 aromatic carbocycles. The van der Waals surface area contributed by atoms with Crippen LogP contribution in [0.1, 0.15) is 34.1 Å². The minimum absolute atomic E-state index is 0.165. The SMILES string of the molecule is CC(C)(C)CC(C)(O)C(=O)O. The average Bonchev–Trinajstić information content (AvgIpc) is 1.56. The Balaban J connectivity index is 4.25. The van der Waals surface area contributed by atoms with Crippen molar-refractivity contribution in [2.75, 3.05) is 0 Å². The normalized spacial score (nSPS) is 17.5. The lowest BCUT2D eigenvalue weighted by atomic mass is 9.83. The van der Waals surface area contributed by atoms with Crippen LogP contribution in [-0.2, 0) is 4.79 Å². The van der Waals surface area contributed by atoms with Gasteiger partial charge in [-0.2, -0.15) is 0 Å². The van der Waals surface area contributed by atoms with E-state index in [9.17, 15) is 9.90 Å². The van der Waals surface area contributed by atoms with Crippen molar-refractivity contribution >= 4 is 5.97 Å². The van der Waals surface area contributed by atoms with Crippen LogP contribution in [0.3, 0.4) is 0 Å². The smallest absolute Gasteiger partial charge is 0.335 e. The molecule has 0 heterocycles. The monoisotopic (exact) mass is 160 g/mol. The van der Waals surface area contributed by atoms with E-state index in [1.807, 2.05) is 20.8 Å². The van der Waals surface area contributed by atoms with Crippen molar-refractivity contribution < 1.29 is 15.0 Å². The number of carboxylic acids is 1. The molecule has 11 heavy (non-hydrogen) atoms. The standard InChI is InChI=1S/C8H16O3/c1-7(2,3)5-8(4,11)6(9)10/h11H,5H2,1-4H3,(H,9,10). The molecule has 1 unspecified atom stereocenters. The van der Waals surface area contributed by atoms with Crippen LogP contribution in [0.15, 0.2) is 0 Å². The Hall–Kier alpha value is -0.570. The van der Waals surface area contributed by atoms with Crippen molar-refractivity contribution in [3.63, 3.8) is 0 Å². The average molecular weight is 160 g/mol. The van der Waals surface area contributed by atoms with Crippen LogP contribution in [0, 0.1) is 5.41 Å². The van der Waals surface area contributed by atoms with Gasteiger partial charge in [-0.25, -0.2) is 4.79 Å². The summed E-state index contributed by atoms with van der Waals surface area (Å²) in [5.74, 6) is -1.16. The Morgan fingerprint density at radius 1 is 1.27 bits per heavy atom. The Morgan fingerprint density at radius 3 is 1.73 bits per heavy atom. The van der Waals surface area contributed by atoms with E-state index < -0.39 is 11.6 Å². The van der Waals surface area contributed by atoms with Crippen LogP contribution in [0.25, 0.3) is 0 Å². The number of aliphatic hydroxyl groups is 1. The first-order valence-electron chi connectivity index (χ1n) is 3.61. The highest BCUT2D eigenvalue weighted by Gasteiger charge is 2.34. The van der Waals surface area contributed by atoms with Gasteiger partial charge >= 0.3 is 5.97 Å². The van der Waals surface area contributed by atoms with Crippen LogP contribution < -0.4 is 0 Å². The van der Waals surface area contributed by atoms with Crippen molar-refractivity contribution in [2.45, 2.75) is 39.7 Å². The molecule has 0 aromatic rings. The summed E-state index contributed by atoms with van der Waals surface area (Å²) >= 11 is 0. The molecule has 0 saturated carbocycles. The zero-order valence-corrected chi connectivity index (χ0v) is 7.51. The third-order valence-corrected chi connectivity index (χ3v) is 1.34. The molecule has 3 heteroatoms. The number of hydrogen-bond donors (Lipinski definition) is 2. The van der Waals surface area contributed by atoms with E-state index in [4.69, 9.17) is 5.11 Å². The highest BCUT2D eigenvalue weighted by Crippen LogP contribution is 2.26. The number of aliphatic carboxylic acids is 1. The van der Waals surface area contributed by atoms with E-state index in [1.54, 1.807) is 0 Å². The predicted molar refractivity (Wildman–Crippen MR) is 42.3 cm³/mol. The topological polar surface area (TPSA) is 57.5 Å². The number of hydrogen-bond acceptors (Lipinski definition) is 2. The van der Waals surface area contributed by atoms with E-state index in [0.29, 0.717) is 0 Å². The summed E-state index contributed by atoms with van der Waals surface area (Å²) in [7, 11) is 0. The molecule has 0 aliphatic heterocycles. The Morgan fingerprint density at radius 2 is 1.64 bits per heavy atom. The van der Waals surface area contributed by atoms with Crippen molar-refractivity contribution in [1.29, 1.82) is 0 Å². The van der Waals surface area contributed by atoms with Gasteiger partial charge in [0.05, 0.1) is 0 Å². The van der Waals surface area contributed by atoms with Gasteiger partial charge in [-0.3, -0.25) is 0 Å². The fraction of sp³-hybridized carbons (Fsp3) is 0.875. The number of carbonyl (C=O) groups is 1. The molecular weight excluding hydrogens is 144 g/mol. The molecule has 0 aliphatic rings. The summed E-state index contributed by atoms with van der Waals surface area (Å²) in [6.45, 7) is 7.00. The summed E-state index contributed by atoms with van der Waals surface area (Å²) in [5.41, 5.74) is -1.76. The highest BCUT2D eigenvalue weighted by molar-refractivity contribution is 5.76. The van der Waals surface area contributed by atoms with E-state index in [-0.39, 0.29) is 11.8 Å². The predicted octanol–water partition coefficient (Wildman–Crippen LogP) is 1.26. The fourth-order valence-corrected chi connectivity index (χ4v) is 1.11. The largest absolute Gasteiger partial charge is 0.479 e. The van der Waals surface area contributed by atoms with Gasteiger partial charge in [-0.05, 0) is 18.8 Å². The third-order valence-electron chi connectivity index (χ3n) is 1.34. The minimum Gasteiger partial charge on any atom is -0.479 e. The molecule has 1 atom stereocenters. The molecule has 3 nitrogen and oxygen atoms in total. The van der Waals surface area contributed by atoms with Gasteiger partial charge in [0.2, 0.25) is 0 Å². The van der Waals surface area contributed by atoms with E-state index >= 15 is 0 Å². The van der Waals surface area contributed by atoms with Gasteiger partial charge in [0.1, 0.15) is 0 Å². The molecule has 0 aliphatic carbocycles. The second kappa shape index (κ2) is 2.81. The summed E-state index contributed by atoms with van der Waals surface area (Å²) in [4.78, 5) is 10.4. The van der Waals surface area contributed by atoms with Crippen LogP contribution in [0.4, 0.5) is 0 Å². The molecule has 0 fully saturated rings. The maximum Gasteiger partial charge on any atom is 0.335 e. The van der Waals surface area contributed by atoms with Crippen molar-refractivity contribution in [1.82, 2.24) is 0 Å². The Kier molecular flexibility index (Phi) is 2.67. The lowest BCUT2D eigenvalue weighted by Gasteiger charge is -2.27. The number of carboxylic acid groups (broad SMARTS) is 1. The summed E-state index contributed by atoms with van der Waals surface area (Å²) < 4.78 is 0. The first kappa shape index (κ1) is 10.4. The molecule has 0 saturated heterocycles. The second-order valence-electron chi connectivity index (χ2n) is 4.32. The Bertz CT molecular complexity index is 153. The highest BCUT2D eigenvalue weighted by atomic mass is 16.4. The molecule has 0 spiro atoms. The minimum atomic E-state index is -1.60. The maximum atomic E-state index is 10.4. The van der Waals surface area contributed by atoms with Gasteiger partial charge in [0.25, 0.3) is 0 Å². The lowest BCUT2D eigenvalue weighted by molar-refractivity contribution is -0.159. The zero-order chi connectivity index (χ0) is 9.28. The van der Waals surface area contributed by atoms with E-state index in [0.717, 1.165) is 0 Å². The molecule has 66 valence electrons. The maximum absolute atomic E-state index is 10.4. The van der Waals surface area contributed by atoms with Crippen LogP contribution in [-0.4, -0.2) is 21.8 Å². The van der Waals surface area contributed by atoms with Crippen molar-refractivity contribution in [3.8, 4) is 0 Å². The van der Waals surface area contributed by atoms with Crippen molar-refractivity contribution in [3.05, 3.63) is 0 Å². The van der Waals surface area contributed by atoms with Gasteiger partial charge in [-0.15, -0.1) is 0 Å². The second-order valence-corrected chi connectivity index (χ2v) is 4.32. The number of rotatable bonds is 2. The fourth-order valence-electron chi connectivity index (χ4n) is 1.11. The Labute approximate surface area is 67.0 Å².